The summed E-state index contributed by atoms with van der Waals surface area (Å²) >= 11 is 0. The summed E-state index contributed by atoms with van der Waals surface area (Å²) < 4.78 is 5.57. The van der Waals surface area contributed by atoms with E-state index in [-0.39, 0.29) is 5.91 Å². The van der Waals surface area contributed by atoms with Crippen molar-refractivity contribution in [1.29, 1.82) is 0 Å². The normalized spacial score (nSPS) is 11.3. The van der Waals surface area contributed by atoms with Gasteiger partial charge in [-0.15, -0.1) is 0 Å². The lowest BCUT2D eigenvalue weighted by Gasteiger charge is -2.27. The summed E-state index contributed by atoms with van der Waals surface area (Å²) in [6.07, 6.45) is 3.28. The molecule has 0 atom stereocenters. The molecule has 0 bridgehead atoms. The fourth-order valence-electron chi connectivity index (χ4n) is 3.86. The second kappa shape index (κ2) is 10.8. The number of benzene rings is 4. The van der Waals surface area contributed by atoms with E-state index < -0.39 is 7.05 Å². The van der Waals surface area contributed by atoms with Crippen molar-refractivity contribution in [3.8, 4) is 0 Å². The van der Waals surface area contributed by atoms with E-state index in [9.17, 15) is 4.79 Å². The van der Waals surface area contributed by atoms with Crippen molar-refractivity contribution in [2.45, 2.75) is 13.5 Å². The molecule has 0 fully saturated rings. The highest BCUT2D eigenvalue weighted by Gasteiger charge is 2.27. The molecule has 0 aromatic heterocycles. The first kappa shape index (κ1) is 22.5. The Bertz CT molecular complexity index is 1180. The van der Waals surface area contributed by atoms with Gasteiger partial charge in [0.1, 0.15) is 0 Å². The average molecular weight is 451 g/mol. The third-order valence-electron chi connectivity index (χ3n) is 5.41. The lowest BCUT2D eigenvalue weighted by Crippen LogP contribution is -2.25. The van der Waals surface area contributed by atoms with Crippen molar-refractivity contribution in [3.63, 3.8) is 0 Å². The van der Waals surface area contributed by atoms with Gasteiger partial charge in [0, 0.05) is 22.5 Å². The van der Waals surface area contributed by atoms with Gasteiger partial charge in [-0.1, -0.05) is 115 Å². The van der Waals surface area contributed by atoms with E-state index in [1.165, 1.54) is 22.0 Å². The molecule has 33 heavy (non-hydrogen) atoms. The van der Waals surface area contributed by atoms with Crippen LogP contribution in [0.5, 0.6) is 0 Å². The van der Waals surface area contributed by atoms with Crippen molar-refractivity contribution in [2.75, 3.05) is 0 Å². The molecule has 3 nitrogen and oxygen atoms in total. The Morgan fingerprint density at radius 1 is 0.727 bits per heavy atom. The summed E-state index contributed by atoms with van der Waals surface area (Å²) in [7, 11) is -2.36. The zero-order chi connectivity index (χ0) is 22.9. The largest absolute Gasteiger partial charge is 0.348 e. The fraction of sp³-hybridized carbons (Fsp3) is 0.0690. The van der Waals surface area contributed by atoms with E-state index >= 15 is 0 Å². The van der Waals surface area contributed by atoms with E-state index in [1.54, 1.807) is 6.08 Å². The van der Waals surface area contributed by atoms with Crippen LogP contribution in [0.1, 0.15) is 12.5 Å². The highest BCUT2D eigenvalue weighted by atomic mass is 31.2. The van der Waals surface area contributed by atoms with E-state index in [2.05, 4.69) is 78.1 Å². The molecule has 1 N–H and O–H groups in total. The Balaban J connectivity index is 1.98. The summed E-state index contributed by atoms with van der Waals surface area (Å²) in [5, 5.41) is 6.54. The number of hydrogen-bond donors (Lipinski definition) is 1. The number of amides is 1. The minimum absolute atomic E-state index is 0.109. The highest BCUT2D eigenvalue weighted by Crippen LogP contribution is 2.49. The minimum atomic E-state index is -2.36. The number of allylic oxidation sites excluding steroid dienone is 1. The summed E-state index contributed by atoms with van der Waals surface area (Å²) in [4.78, 5) is 12.1. The van der Waals surface area contributed by atoms with Crippen LogP contribution in [0.4, 0.5) is 5.69 Å². The monoisotopic (exact) mass is 450 g/mol. The smallest absolute Gasteiger partial charge is 0.243 e. The topological polar surface area (TPSA) is 41.5 Å². The van der Waals surface area contributed by atoms with Crippen LogP contribution in [0, 0.1) is 0 Å². The van der Waals surface area contributed by atoms with Gasteiger partial charge in [0.05, 0.1) is 12.7 Å². The number of carbonyl (C=O) groups is 1. The standard InChI is InChI=1S/C29H27N2OP/c1-2-14-29(32)30-23-24-15-12-13-22-28(24)31-33(25-16-6-3-7-17-25,26-18-8-4-9-19-26)27-20-10-5-11-21-27/h2-22H,23H2,1H3,(H,30,32)/b14-2+. The maximum atomic E-state index is 12.1. The van der Waals surface area contributed by atoms with Crippen LogP contribution in [0.2, 0.25) is 0 Å². The molecule has 4 rings (SSSR count). The fourth-order valence-corrected chi connectivity index (χ4v) is 7.43. The Hall–Kier alpha value is -3.68. The molecule has 0 saturated heterocycles. The minimum Gasteiger partial charge on any atom is -0.348 e. The van der Waals surface area contributed by atoms with Crippen LogP contribution >= 0.6 is 7.05 Å². The number of carbonyl (C=O) groups excluding carboxylic acids is 1. The second-order valence-electron chi connectivity index (χ2n) is 7.59. The van der Waals surface area contributed by atoms with E-state index in [1.807, 2.05) is 49.4 Å². The summed E-state index contributed by atoms with van der Waals surface area (Å²) in [6.45, 7) is 2.25. The summed E-state index contributed by atoms with van der Waals surface area (Å²) in [6, 6.07) is 39.7. The van der Waals surface area contributed by atoms with Gasteiger partial charge in [-0.05, 0) is 24.6 Å². The molecule has 164 valence electrons. The van der Waals surface area contributed by atoms with E-state index in [0.29, 0.717) is 6.54 Å². The Morgan fingerprint density at radius 3 is 1.67 bits per heavy atom. The van der Waals surface area contributed by atoms with E-state index in [0.717, 1.165) is 11.3 Å². The molecule has 1 amide bonds. The highest BCUT2D eigenvalue weighted by molar-refractivity contribution is 7.87. The molecule has 0 heterocycles. The molecule has 4 aromatic carbocycles. The lowest BCUT2D eigenvalue weighted by molar-refractivity contribution is -0.116. The van der Waals surface area contributed by atoms with Crippen molar-refractivity contribution in [2.24, 2.45) is 4.74 Å². The first-order chi connectivity index (χ1) is 16.2. The van der Waals surface area contributed by atoms with Crippen LogP contribution in [0.15, 0.2) is 132 Å². The predicted octanol–water partition coefficient (Wildman–Crippen LogP) is 5.69. The molecule has 4 heteroatoms. The zero-order valence-corrected chi connectivity index (χ0v) is 19.5. The Labute approximate surface area is 195 Å². The first-order valence-electron chi connectivity index (χ1n) is 11.0. The Kier molecular flexibility index (Phi) is 7.34. The number of nitrogens with zero attached hydrogens (tertiary/aromatic N) is 1. The van der Waals surface area contributed by atoms with Gasteiger partial charge < -0.3 is 5.32 Å². The van der Waals surface area contributed by atoms with Gasteiger partial charge in [-0.2, -0.15) is 0 Å². The maximum Gasteiger partial charge on any atom is 0.243 e. The SMILES string of the molecule is C/C=C/C(=O)NCc1ccccc1N=P(c1ccccc1)(c1ccccc1)c1ccccc1. The van der Waals surface area contributed by atoms with Gasteiger partial charge >= 0.3 is 0 Å². The molecule has 4 aromatic rings. The zero-order valence-electron chi connectivity index (χ0n) is 18.6. The van der Waals surface area contributed by atoms with Gasteiger partial charge in [0.15, 0.2) is 0 Å². The summed E-state index contributed by atoms with van der Waals surface area (Å²) in [5.74, 6) is -0.109. The lowest BCUT2D eigenvalue weighted by atomic mass is 10.2. The molecule has 0 radical (unpaired) electrons. The van der Waals surface area contributed by atoms with Gasteiger partial charge in [0.25, 0.3) is 0 Å². The van der Waals surface area contributed by atoms with Crippen molar-refractivity contribution >= 4 is 34.6 Å². The molecule has 0 aliphatic carbocycles. The van der Waals surface area contributed by atoms with Gasteiger partial charge in [-0.25, -0.2) is 0 Å². The van der Waals surface area contributed by atoms with Crippen LogP contribution in [-0.4, -0.2) is 5.91 Å². The number of rotatable bonds is 7. The first-order valence-corrected chi connectivity index (χ1v) is 12.8. The molecule has 0 unspecified atom stereocenters. The van der Waals surface area contributed by atoms with Crippen LogP contribution in [0.3, 0.4) is 0 Å². The molecule has 0 spiro atoms. The predicted molar refractivity (Wildman–Crippen MR) is 140 cm³/mol. The van der Waals surface area contributed by atoms with Gasteiger partial charge in [-0.3, -0.25) is 9.54 Å². The van der Waals surface area contributed by atoms with Crippen LogP contribution in [0.25, 0.3) is 0 Å². The second-order valence-corrected chi connectivity index (χ2v) is 10.6. The van der Waals surface area contributed by atoms with Crippen LogP contribution in [-0.2, 0) is 11.3 Å². The number of nitrogens with one attached hydrogen (secondary N) is 1. The van der Waals surface area contributed by atoms with E-state index in [4.69, 9.17) is 4.74 Å². The number of hydrogen-bond acceptors (Lipinski definition) is 2. The molecule has 0 saturated carbocycles. The Morgan fingerprint density at radius 2 is 1.18 bits per heavy atom. The van der Waals surface area contributed by atoms with Crippen LogP contribution < -0.4 is 21.2 Å². The van der Waals surface area contributed by atoms with Crippen molar-refractivity contribution < 1.29 is 4.79 Å². The molecular formula is C29H27N2OP. The molecule has 0 aliphatic heterocycles. The molecular weight excluding hydrogens is 423 g/mol. The quantitative estimate of drug-likeness (QED) is 0.285. The third-order valence-corrected chi connectivity index (χ3v) is 9.06. The van der Waals surface area contributed by atoms with Crippen molar-refractivity contribution in [1.82, 2.24) is 5.32 Å². The van der Waals surface area contributed by atoms with Crippen molar-refractivity contribution in [3.05, 3.63) is 133 Å². The third kappa shape index (κ3) is 5.05. The maximum absolute atomic E-state index is 12.1. The summed E-state index contributed by atoms with van der Waals surface area (Å²) in [5.41, 5.74) is 1.88. The average Bonchev–Trinajstić information content (AvgIpc) is 2.88. The molecule has 0 aliphatic rings. The van der Waals surface area contributed by atoms with Gasteiger partial charge in [0.2, 0.25) is 5.91 Å².